The molecule has 4 nitrogen and oxygen atoms in total. The summed E-state index contributed by atoms with van der Waals surface area (Å²) in [6, 6.07) is 2.09. The van der Waals surface area contributed by atoms with Crippen LogP contribution in [0, 0.1) is 23.7 Å². The van der Waals surface area contributed by atoms with Crippen molar-refractivity contribution in [2.24, 2.45) is 12.5 Å². The van der Waals surface area contributed by atoms with Crippen molar-refractivity contribution in [2.75, 3.05) is 0 Å². The number of rotatable bonds is 2. The lowest BCUT2D eigenvalue weighted by Crippen LogP contribution is -2.20. The lowest BCUT2D eigenvalue weighted by Gasteiger charge is -2.22. The van der Waals surface area contributed by atoms with Crippen molar-refractivity contribution in [1.82, 2.24) is 9.78 Å². The monoisotopic (exact) mass is 193 g/mol. The number of aryl methyl sites for hydroxylation is 2. The van der Waals surface area contributed by atoms with Crippen molar-refractivity contribution in [3.8, 4) is 6.07 Å². The highest BCUT2D eigenvalue weighted by molar-refractivity contribution is 5.22. The maximum absolute atomic E-state index is 9.97. The van der Waals surface area contributed by atoms with Crippen LogP contribution in [0.25, 0.3) is 0 Å². The van der Waals surface area contributed by atoms with E-state index in [9.17, 15) is 5.11 Å². The lowest BCUT2D eigenvalue weighted by atomic mass is 9.84. The molecule has 4 heteroatoms. The predicted molar refractivity (Wildman–Crippen MR) is 52.3 cm³/mol. The van der Waals surface area contributed by atoms with Gasteiger partial charge in [0.2, 0.25) is 0 Å². The molecule has 0 fully saturated rings. The Morgan fingerprint density at radius 3 is 2.57 bits per heavy atom. The highest BCUT2D eigenvalue weighted by Crippen LogP contribution is 2.33. The van der Waals surface area contributed by atoms with E-state index in [-0.39, 0.29) is 0 Å². The average molecular weight is 193 g/mol. The molecule has 1 N–H and O–H groups in total. The highest BCUT2D eigenvalue weighted by Gasteiger charge is 2.31. The molecule has 0 radical (unpaired) electrons. The van der Waals surface area contributed by atoms with Crippen LogP contribution in [0.1, 0.15) is 31.2 Å². The molecule has 0 spiro atoms. The van der Waals surface area contributed by atoms with Gasteiger partial charge in [0.15, 0.2) is 0 Å². The Morgan fingerprint density at radius 2 is 2.21 bits per heavy atom. The number of hydrogen-bond donors (Lipinski definition) is 1. The van der Waals surface area contributed by atoms with Crippen LogP contribution in [0.4, 0.5) is 0 Å². The molecule has 0 aliphatic carbocycles. The number of aromatic nitrogens is 2. The summed E-state index contributed by atoms with van der Waals surface area (Å²) >= 11 is 0. The first-order valence-corrected chi connectivity index (χ1v) is 4.48. The molecule has 1 heterocycles. The molecule has 0 aromatic carbocycles. The third kappa shape index (κ3) is 1.78. The van der Waals surface area contributed by atoms with Gasteiger partial charge in [-0.15, -0.1) is 0 Å². The molecule has 0 aliphatic heterocycles. The molecule has 0 amide bonds. The van der Waals surface area contributed by atoms with Gasteiger partial charge in [0, 0.05) is 18.8 Å². The zero-order valence-corrected chi connectivity index (χ0v) is 8.94. The van der Waals surface area contributed by atoms with Crippen LogP contribution >= 0.6 is 0 Å². The lowest BCUT2D eigenvalue weighted by molar-refractivity contribution is 0.0861. The summed E-state index contributed by atoms with van der Waals surface area (Å²) in [4.78, 5) is 0. The fraction of sp³-hybridized carbons (Fsp3) is 0.600. The molecule has 0 saturated carbocycles. The summed E-state index contributed by atoms with van der Waals surface area (Å²) in [5.74, 6) is 0. The summed E-state index contributed by atoms with van der Waals surface area (Å²) in [6.45, 7) is 5.25. The first-order valence-electron chi connectivity index (χ1n) is 4.48. The largest absolute Gasteiger partial charge is 0.387 e. The molecule has 14 heavy (non-hydrogen) atoms. The number of nitrogens with zero attached hydrogens (tertiary/aromatic N) is 3. The normalized spacial score (nSPS) is 13.7. The fourth-order valence-electron chi connectivity index (χ4n) is 1.34. The second-order valence-electron chi connectivity index (χ2n) is 4.08. The minimum atomic E-state index is -0.791. The summed E-state index contributed by atoms with van der Waals surface area (Å²) < 4.78 is 1.64. The molecular weight excluding hydrogens is 178 g/mol. The Morgan fingerprint density at radius 1 is 1.64 bits per heavy atom. The minimum Gasteiger partial charge on any atom is -0.387 e. The number of aliphatic hydroxyl groups excluding tert-OH is 1. The molecule has 1 atom stereocenters. The second-order valence-corrected chi connectivity index (χ2v) is 4.08. The van der Waals surface area contributed by atoms with E-state index in [4.69, 9.17) is 5.26 Å². The van der Waals surface area contributed by atoms with Crippen LogP contribution in [0.5, 0.6) is 0 Å². The van der Waals surface area contributed by atoms with Gasteiger partial charge in [-0.3, -0.25) is 4.68 Å². The van der Waals surface area contributed by atoms with Crippen LogP contribution in [-0.2, 0) is 7.05 Å². The molecule has 1 unspecified atom stereocenters. The van der Waals surface area contributed by atoms with E-state index >= 15 is 0 Å². The molecule has 76 valence electrons. The van der Waals surface area contributed by atoms with Crippen LogP contribution in [0.2, 0.25) is 0 Å². The summed E-state index contributed by atoms with van der Waals surface area (Å²) in [5, 5.41) is 23.0. The molecule has 0 saturated heterocycles. The molecule has 0 bridgehead atoms. The first-order chi connectivity index (χ1) is 6.38. The van der Waals surface area contributed by atoms with Crippen molar-refractivity contribution in [2.45, 2.75) is 26.9 Å². The van der Waals surface area contributed by atoms with Crippen LogP contribution < -0.4 is 0 Å². The number of hydrogen-bond acceptors (Lipinski definition) is 3. The third-order valence-corrected chi connectivity index (χ3v) is 2.32. The molecular formula is C10H15N3O. The van der Waals surface area contributed by atoms with E-state index in [2.05, 4.69) is 11.2 Å². The summed E-state index contributed by atoms with van der Waals surface area (Å²) in [5.41, 5.74) is 0.704. The first kappa shape index (κ1) is 10.7. The maximum atomic E-state index is 9.97. The van der Waals surface area contributed by atoms with E-state index in [1.54, 1.807) is 31.8 Å². The minimum absolute atomic E-state index is 0.721. The fourth-order valence-corrected chi connectivity index (χ4v) is 1.34. The van der Waals surface area contributed by atoms with Gasteiger partial charge in [-0.25, -0.2) is 0 Å². The molecule has 1 rings (SSSR count). The second kappa shape index (κ2) is 3.43. The SMILES string of the molecule is Cc1nn(C)cc1C(O)C(C)(C)C#N. The van der Waals surface area contributed by atoms with E-state index in [0.29, 0.717) is 0 Å². The maximum Gasteiger partial charge on any atom is 0.100 e. The van der Waals surface area contributed by atoms with Crippen LogP contribution in [0.15, 0.2) is 6.20 Å². The van der Waals surface area contributed by atoms with Gasteiger partial charge < -0.3 is 5.11 Å². The average Bonchev–Trinajstić information content (AvgIpc) is 2.44. The van der Waals surface area contributed by atoms with Crippen molar-refractivity contribution < 1.29 is 5.11 Å². The zero-order chi connectivity index (χ0) is 10.9. The van der Waals surface area contributed by atoms with Gasteiger partial charge in [-0.05, 0) is 20.8 Å². The Kier molecular flexibility index (Phi) is 2.63. The Bertz CT molecular complexity index is 373. The topological polar surface area (TPSA) is 61.8 Å². The van der Waals surface area contributed by atoms with E-state index in [0.717, 1.165) is 11.3 Å². The van der Waals surface area contributed by atoms with Crippen molar-refractivity contribution >= 4 is 0 Å². The smallest absolute Gasteiger partial charge is 0.100 e. The van der Waals surface area contributed by atoms with Crippen molar-refractivity contribution in [3.63, 3.8) is 0 Å². The van der Waals surface area contributed by atoms with E-state index in [1.165, 1.54) is 0 Å². The van der Waals surface area contributed by atoms with Gasteiger partial charge in [-0.2, -0.15) is 10.4 Å². The summed E-state index contributed by atoms with van der Waals surface area (Å²) in [7, 11) is 1.79. The van der Waals surface area contributed by atoms with Crippen molar-refractivity contribution in [3.05, 3.63) is 17.5 Å². The number of aliphatic hydroxyl groups is 1. The Hall–Kier alpha value is -1.34. The van der Waals surface area contributed by atoms with Gasteiger partial charge in [0.25, 0.3) is 0 Å². The third-order valence-electron chi connectivity index (χ3n) is 2.32. The van der Waals surface area contributed by atoms with Gasteiger partial charge in [-0.1, -0.05) is 0 Å². The van der Waals surface area contributed by atoms with Gasteiger partial charge in [0.05, 0.1) is 17.2 Å². The van der Waals surface area contributed by atoms with Gasteiger partial charge >= 0.3 is 0 Å². The standard InChI is InChI=1S/C10H15N3O/c1-7-8(5-13(4)12-7)9(14)10(2,3)6-11/h5,9,14H,1-4H3. The quantitative estimate of drug-likeness (QED) is 0.770. The van der Waals surface area contributed by atoms with E-state index in [1.807, 2.05) is 6.92 Å². The van der Waals surface area contributed by atoms with Crippen molar-refractivity contribution in [1.29, 1.82) is 5.26 Å². The Labute approximate surface area is 83.8 Å². The van der Waals surface area contributed by atoms with E-state index < -0.39 is 11.5 Å². The molecule has 1 aromatic heterocycles. The summed E-state index contributed by atoms with van der Waals surface area (Å²) in [6.07, 6.45) is 0.959. The highest BCUT2D eigenvalue weighted by atomic mass is 16.3. The number of nitriles is 1. The molecule has 0 aliphatic rings. The predicted octanol–water partition coefficient (Wildman–Crippen LogP) is 1.31. The molecule has 1 aromatic rings. The zero-order valence-electron chi connectivity index (χ0n) is 8.94. The van der Waals surface area contributed by atoms with Crippen LogP contribution in [0.3, 0.4) is 0 Å². The van der Waals surface area contributed by atoms with Gasteiger partial charge in [0.1, 0.15) is 6.10 Å². The Balaban J connectivity index is 3.07. The van der Waals surface area contributed by atoms with Crippen LogP contribution in [-0.4, -0.2) is 14.9 Å².